The average molecular weight is 370 g/mol. The Labute approximate surface area is 141 Å². The molecule has 1 atom stereocenters. The third-order valence-corrected chi connectivity index (χ3v) is 5.24. The van der Waals surface area contributed by atoms with E-state index in [0.29, 0.717) is 0 Å². The third kappa shape index (κ3) is 12.1. The van der Waals surface area contributed by atoms with Gasteiger partial charge in [-0.25, -0.2) is 0 Å². The highest BCUT2D eigenvalue weighted by atomic mass is 35.5. The Morgan fingerprint density at radius 2 is 1.45 bits per heavy atom. The number of hydrogen-bond donors (Lipinski definition) is 2. The lowest BCUT2D eigenvalue weighted by atomic mass is 10.5. The fourth-order valence-electron chi connectivity index (χ4n) is 1.29. The topological polar surface area (TPSA) is 69.0 Å². The smallest absolute Gasteiger partial charge is 0.376 e. The number of rotatable bonds is 6. The second-order valence-electron chi connectivity index (χ2n) is 4.03. The van der Waals surface area contributed by atoms with Gasteiger partial charge in [-0.2, -0.15) is 0 Å². The molecule has 0 amide bonds. The highest BCUT2D eigenvalue weighted by molar-refractivity contribution is 7.80. The van der Waals surface area contributed by atoms with Gasteiger partial charge in [0.05, 0.1) is 5.67 Å². The van der Waals surface area contributed by atoms with Gasteiger partial charge in [0.15, 0.2) is 5.11 Å². The lowest BCUT2D eigenvalue weighted by Gasteiger charge is -2.32. The molecule has 1 unspecified atom stereocenters. The van der Waals surface area contributed by atoms with E-state index in [1.807, 2.05) is 33.0 Å². The van der Waals surface area contributed by atoms with E-state index in [1.165, 1.54) is 0 Å². The molecule has 3 N–H and O–H groups in total. The molecule has 0 saturated carbocycles. The first kappa shape index (κ1) is 28.5. The molecule has 6 nitrogen and oxygen atoms in total. The van der Waals surface area contributed by atoms with Gasteiger partial charge in [0.1, 0.15) is 0 Å². The minimum Gasteiger partial charge on any atom is -0.376 e. The molecule has 0 aromatic carbocycles. The lowest BCUT2D eigenvalue weighted by molar-refractivity contribution is 0.109. The van der Waals surface area contributed by atoms with Crippen molar-refractivity contribution in [3.8, 4) is 0 Å². The van der Waals surface area contributed by atoms with E-state index < -0.39 is 8.80 Å². The summed E-state index contributed by atoms with van der Waals surface area (Å²) < 4.78 is 15.9. The number of hydrogen-bond acceptors (Lipinski definition) is 5. The van der Waals surface area contributed by atoms with Crippen LogP contribution in [0.25, 0.3) is 0 Å². The van der Waals surface area contributed by atoms with Crippen molar-refractivity contribution in [3.63, 3.8) is 0 Å². The Hall–Kier alpha value is 0.327. The molecule has 0 aliphatic heterocycles. The normalized spacial score (nSPS) is 11.4. The summed E-state index contributed by atoms with van der Waals surface area (Å²) in [5.41, 5.74) is 5.29. The molecule has 20 heavy (non-hydrogen) atoms. The van der Waals surface area contributed by atoms with Gasteiger partial charge in [-0.1, -0.05) is 6.92 Å². The lowest BCUT2D eigenvalue weighted by Crippen LogP contribution is -2.62. The summed E-state index contributed by atoms with van der Waals surface area (Å²) in [6.07, 6.45) is 0.763. The summed E-state index contributed by atoms with van der Waals surface area (Å²) in [7, 11) is 7.99. The van der Waals surface area contributed by atoms with Crippen molar-refractivity contribution in [1.82, 2.24) is 10.2 Å². The zero-order valence-corrected chi connectivity index (χ0v) is 16.7. The largest absolute Gasteiger partial charge is 0.523 e. The minimum atomic E-state index is -2.69. The van der Waals surface area contributed by atoms with Crippen molar-refractivity contribution in [2.45, 2.75) is 19.0 Å². The van der Waals surface area contributed by atoms with Crippen LogP contribution in [0.2, 0.25) is 0 Å². The quantitative estimate of drug-likeness (QED) is 0.535. The second-order valence-corrected chi connectivity index (χ2v) is 7.60. The third-order valence-electron chi connectivity index (χ3n) is 2.01. The van der Waals surface area contributed by atoms with Gasteiger partial charge in [0, 0.05) is 21.3 Å². The van der Waals surface area contributed by atoms with Crippen LogP contribution in [0.1, 0.15) is 13.3 Å². The maximum absolute atomic E-state index is 5.41. The van der Waals surface area contributed by atoms with E-state index in [2.05, 4.69) is 5.32 Å². The molecule has 0 bridgehead atoms. The number of thiocarbonyl (C=S) groups is 1. The van der Waals surface area contributed by atoms with E-state index in [1.54, 1.807) is 21.3 Å². The SMILES string of the molecule is CCC(NC(N)=S)[Si](OC)(OC)OC.CN(C)C.Cl.Cl. The van der Waals surface area contributed by atoms with Crippen molar-refractivity contribution in [1.29, 1.82) is 0 Å². The molecule has 0 fully saturated rings. The van der Waals surface area contributed by atoms with Gasteiger partial charge in [-0.3, -0.25) is 0 Å². The summed E-state index contributed by atoms with van der Waals surface area (Å²) >= 11 is 4.77. The van der Waals surface area contributed by atoms with E-state index in [0.717, 1.165) is 6.42 Å². The van der Waals surface area contributed by atoms with Crippen molar-refractivity contribution in [2.24, 2.45) is 5.73 Å². The van der Waals surface area contributed by atoms with Crippen LogP contribution < -0.4 is 11.1 Å². The van der Waals surface area contributed by atoms with E-state index >= 15 is 0 Å². The van der Waals surface area contributed by atoms with Crippen LogP contribution in [0.4, 0.5) is 0 Å². The van der Waals surface area contributed by atoms with Gasteiger partial charge in [-0.15, -0.1) is 24.8 Å². The predicted octanol–water partition coefficient (Wildman–Crippen LogP) is 1.04. The van der Waals surface area contributed by atoms with Crippen LogP contribution in [0.15, 0.2) is 0 Å². The molecule has 0 heterocycles. The first-order valence-corrected chi connectivity index (χ1v) is 7.82. The van der Waals surface area contributed by atoms with E-state index in [9.17, 15) is 0 Å². The maximum atomic E-state index is 5.41. The molecular weight excluding hydrogens is 341 g/mol. The van der Waals surface area contributed by atoms with Crippen molar-refractivity contribution in [3.05, 3.63) is 0 Å². The van der Waals surface area contributed by atoms with Crippen LogP contribution in [0.5, 0.6) is 0 Å². The molecule has 0 aliphatic rings. The Bertz CT molecular complexity index is 227. The second kappa shape index (κ2) is 15.7. The van der Waals surface area contributed by atoms with Crippen molar-refractivity contribution < 1.29 is 13.3 Å². The maximum Gasteiger partial charge on any atom is 0.523 e. The Morgan fingerprint density at radius 1 is 1.15 bits per heavy atom. The fourth-order valence-corrected chi connectivity index (χ4v) is 3.72. The number of nitrogens with zero attached hydrogens (tertiary/aromatic N) is 1. The molecule has 0 aromatic rings. The van der Waals surface area contributed by atoms with Gasteiger partial charge in [0.2, 0.25) is 0 Å². The molecule has 0 aliphatic carbocycles. The van der Waals surface area contributed by atoms with Gasteiger partial charge < -0.3 is 29.2 Å². The molecule has 0 aromatic heterocycles. The average Bonchev–Trinajstić information content (AvgIpc) is 2.29. The van der Waals surface area contributed by atoms with Crippen LogP contribution in [0.3, 0.4) is 0 Å². The first-order chi connectivity index (χ1) is 8.29. The molecular formula is C10H29Cl2N3O3SSi. The van der Waals surface area contributed by atoms with Crippen LogP contribution in [-0.4, -0.2) is 67.0 Å². The first-order valence-electron chi connectivity index (χ1n) is 5.61. The summed E-state index contributed by atoms with van der Waals surface area (Å²) in [6, 6.07) is 0. The highest BCUT2D eigenvalue weighted by Gasteiger charge is 2.46. The summed E-state index contributed by atoms with van der Waals surface area (Å²) in [4.78, 5) is 2.00. The fraction of sp³-hybridized carbons (Fsp3) is 0.900. The summed E-state index contributed by atoms with van der Waals surface area (Å²) in [6.45, 7) is 1.98. The molecule has 126 valence electrons. The molecule has 0 rings (SSSR count). The number of nitrogens with two attached hydrogens (primary N) is 1. The van der Waals surface area contributed by atoms with Gasteiger partial charge >= 0.3 is 8.80 Å². The van der Waals surface area contributed by atoms with Gasteiger partial charge in [0.25, 0.3) is 0 Å². The molecule has 0 radical (unpaired) electrons. The summed E-state index contributed by atoms with van der Waals surface area (Å²) in [5, 5.41) is 3.14. The van der Waals surface area contributed by atoms with Crippen LogP contribution in [0, 0.1) is 0 Å². The summed E-state index contributed by atoms with van der Waals surface area (Å²) in [5.74, 6) is 0. The predicted molar refractivity (Wildman–Crippen MR) is 94.9 cm³/mol. The minimum absolute atomic E-state index is 0. The monoisotopic (exact) mass is 369 g/mol. The molecule has 10 heteroatoms. The Morgan fingerprint density at radius 3 is 1.60 bits per heavy atom. The number of nitrogens with one attached hydrogen (secondary N) is 1. The standard InChI is InChI=1S/C7H18N2O3SSi.C3H9N.2ClH/c1-5-6(9-7(8)13)14(10-2,11-3)12-4;1-4(2)3;;/h6H,5H2,1-4H3,(H3,8,9,13);1-3H3;2*1H. The number of halogens is 2. The Kier molecular flexibility index (Phi) is 22.4. The van der Waals surface area contributed by atoms with Crippen LogP contribution in [-0.2, 0) is 13.3 Å². The zero-order valence-electron chi connectivity index (χ0n) is 13.3. The van der Waals surface area contributed by atoms with E-state index in [-0.39, 0.29) is 35.6 Å². The molecule has 0 saturated heterocycles. The van der Waals surface area contributed by atoms with E-state index in [4.69, 9.17) is 31.2 Å². The van der Waals surface area contributed by atoms with Crippen LogP contribution >= 0.6 is 37.0 Å². The Balaban J connectivity index is -0.000000188. The molecule has 0 spiro atoms. The van der Waals surface area contributed by atoms with Crippen molar-refractivity contribution >= 4 is 50.9 Å². The van der Waals surface area contributed by atoms with Gasteiger partial charge in [-0.05, 0) is 39.8 Å². The zero-order chi connectivity index (χ0) is 14.8. The van der Waals surface area contributed by atoms with Crippen molar-refractivity contribution in [2.75, 3.05) is 42.5 Å². The highest BCUT2D eigenvalue weighted by Crippen LogP contribution is 2.14.